The number of aliphatic hydroxyl groups excluding tert-OH is 1. The quantitative estimate of drug-likeness (QED) is 0.0373. The van der Waals surface area contributed by atoms with Gasteiger partial charge in [0.25, 0.3) is 0 Å². The van der Waals surface area contributed by atoms with Crippen molar-refractivity contribution in [3.05, 3.63) is 97.2 Å². The zero-order valence-corrected chi connectivity index (χ0v) is 46.0. The Balaban J connectivity index is 3.45. The minimum atomic E-state index is -0.806. The van der Waals surface area contributed by atoms with Gasteiger partial charge in [0.1, 0.15) is 6.61 Å². The van der Waals surface area contributed by atoms with Gasteiger partial charge in [-0.3, -0.25) is 9.59 Å². The monoisotopic (exact) mass is 973 g/mol. The van der Waals surface area contributed by atoms with Crippen LogP contribution < -0.4 is 0 Å². The Hall–Kier alpha value is -3.18. The van der Waals surface area contributed by atoms with Gasteiger partial charge in [0.05, 0.1) is 6.61 Å². The molecular formula is C65H112O5. The lowest BCUT2D eigenvalue weighted by Crippen LogP contribution is -2.28. The number of carbonyl (C=O) groups excluding carboxylic acids is 2. The molecule has 402 valence electrons. The van der Waals surface area contributed by atoms with Crippen LogP contribution in [0.2, 0.25) is 0 Å². The molecule has 0 aliphatic rings. The third kappa shape index (κ3) is 57.4. The SMILES string of the molecule is CC/C=C\C/C=C\C/C=C\C/C=C\C/C=C\CCCC(=O)OC(CO)COC(=O)CCCCCCCCCCCCCCCCCCCCCCCCCC/C=C\C/C=C\C/C=C\CCCCCCC. The van der Waals surface area contributed by atoms with Gasteiger partial charge in [0, 0.05) is 12.8 Å². The first-order valence-corrected chi connectivity index (χ1v) is 29.8. The number of hydrogen-bond donors (Lipinski definition) is 1. The molecule has 70 heavy (non-hydrogen) atoms. The van der Waals surface area contributed by atoms with Crippen molar-refractivity contribution in [1.29, 1.82) is 0 Å². The number of ether oxygens (including phenoxy) is 2. The van der Waals surface area contributed by atoms with Crippen LogP contribution in [0.3, 0.4) is 0 Å². The Morgan fingerprint density at radius 2 is 0.629 bits per heavy atom. The Morgan fingerprint density at radius 3 is 0.971 bits per heavy atom. The molecule has 0 aliphatic carbocycles. The second-order valence-electron chi connectivity index (χ2n) is 19.7. The summed E-state index contributed by atoms with van der Waals surface area (Å²) in [6, 6.07) is 0. The molecule has 0 heterocycles. The van der Waals surface area contributed by atoms with E-state index in [1.165, 1.54) is 180 Å². The standard InChI is InChI=1S/C65H112O5/c1-3-5-7-9-11-13-15-17-19-21-22-23-24-25-26-27-28-29-30-31-32-33-34-35-36-37-38-39-40-41-42-44-45-47-49-51-53-55-57-59-64(67)69-62-63(61-66)70-65(68)60-58-56-54-52-50-48-46-43-20-18-16-14-12-10-8-6-4-2/h6,8,12,14-15,17-18,20-22,24-25,46,48,52,54,63,66H,3-5,7,9-11,13,16,19,23,26-45,47,49-51,53,55-62H2,1-2H3/b8-6-,14-12-,17-15-,20-18-,22-21-,25-24-,48-46-,54-52-. The summed E-state index contributed by atoms with van der Waals surface area (Å²) in [4.78, 5) is 24.5. The van der Waals surface area contributed by atoms with Gasteiger partial charge in [-0.1, -0.05) is 278 Å². The summed E-state index contributed by atoms with van der Waals surface area (Å²) in [5, 5.41) is 9.62. The lowest BCUT2D eigenvalue weighted by atomic mass is 10.0. The molecule has 0 amide bonds. The van der Waals surface area contributed by atoms with Gasteiger partial charge in [-0.25, -0.2) is 0 Å². The van der Waals surface area contributed by atoms with Crippen LogP contribution >= 0.6 is 0 Å². The van der Waals surface area contributed by atoms with Gasteiger partial charge in [-0.05, 0) is 89.9 Å². The topological polar surface area (TPSA) is 72.8 Å². The molecule has 5 nitrogen and oxygen atoms in total. The summed E-state index contributed by atoms with van der Waals surface area (Å²) >= 11 is 0. The molecule has 0 rings (SSSR count). The number of allylic oxidation sites excluding steroid dienone is 16. The van der Waals surface area contributed by atoms with E-state index in [1.807, 2.05) is 0 Å². The number of unbranched alkanes of at least 4 members (excludes halogenated alkanes) is 30. The molecule has 5 heteroatoms. The molecule has 0 radical (unpaired) electrons. The van der Waals surface area contributed by atoms with Crippen LogP contribution in [0.25, 0.3) is 0 Å². The first-order chi connectivity index (χ1) is 34.6. The first kappa shape index (κ1) is 66.8. The van der Waals surface area contributed by atoms with Crippen molar-refractivity contribution >= 4 is 11.9 Å². The van der Waals surface area contributed by atoms with Crippen molar-refractivity contribution < 1.29 is 24.2 Å². The highest BCUT2D eigenvalue weighted by atomic mass is 16.6. The summed E-state index contributed by atoms with van der Waals surface area (Å²) in [6.07, 6.45) is 85.6. The van der Waals surface area contributed by atoms with E-state index in [1.54, 1.807) is 0 Å². The van der Waals surface area contributed by atoms with Crippen molar-refractivity contribution in [1.82, 2.24) is 0 Å². The lowest BCUT2D eigenvalue weighted by molar-refractivity contribution is -0.161. The highest BCUT2D eigenvalue weighted by Crippen LogP contribution is 2.17. The number of rotatable bonds is 54. The van der Waals surface area contributed by atoms with Gasteiger partial charge in [-0.15, -0.1) is 0 Å². The highest BCUT2D eigenvalue weighted by Gasteiger charge is 2.16. The van der Waals surface area contributed by atoms with Crippen LogP contribution in [0.15, 0.2) is 97.2 Å². The lowest BCUT2D eigenvalue weighted by Gasteiger charge is -2.15. The fraction of sp³-hybridized carbons (Fsp3) is 0.723. The molecule has 0 bridgehead atoms. The number of esters is 2. The minimum Gasteiger partial charge on any atom is -0.462 e. The van der Waals surface area contributed by atoms with Gasteiger partial charge in [-0.2, -0.15) is 0 Å². The summed E-state index contributed by atoms with van der Waals surface area (Å²) in [5.74, 6) is -0.654. The average Bonchev–Trinajstić information content (AvgIpc) is 3.36. The van der Waals surface area contributed by atoms with Gasteiger partial charge in [0.15, 0.2) is 6.10 Å². The molecule has 0 saturated carbocycles. The maximum atomic E-state index is 12.2. The third-order valence-corrected chi connectivity index (χ3v) is 12.9. The Morgan fingerprint density at radius 1 is 0.343 bits per heavy atom. The zero-order valence-electron chi connectivity index (χ0n) is 46.0. The summed E-state index contributed by atoms with van der Waals surface area (Å²) in [6.45, 7) is 3.98. The van der Waals surface area contributed by atoms with Crippen LogP contribution in [0.1, 0.15) is 284 Å². The Labute approximate surface area is 434 Å². The molecule has 1 N–H and O–H groups in total. The predicted octanol–water partition coefficient (Wildman–Crippen LogP) is 20.3. The van der Waals surface area contributed by atoms with E-state index >= 15 is 0 Å². The van der Waals surface area contributed by atoms with Crippen molar-refractivity contribution in [2.24, 2.45) is 0 Å². The van der Waals surface area contributed by atoms with E-state index < -0.39 is 6.10 Å². The Bertz CT molecular complexity index is 1330. The molecule has 0 aromatic carbocycles. The maximum Gasteiger partial charge on any atom is 0.306 e. The largest absolute Gasteiger partial charge is 0.462 e. The van der Waals surface area contributed by atoms with Crippen LogP contribution in [-0.2, 0) is 19.1 Å². The average molecular weight is 974 g/mol. The molecule has 0 spiro atoms. The molecule has 0 fully saturated rings. The molecule has 0 aliphatic heterocycles. The predicted molar refractivity (Wildman–Crippen MR) is 306 cm³/mol. The van der Waals surface area contributed by atoms with Crippen LogP contribution in [0.5, 0.6) is 0 Å². The highest BCUT2D eigenvalue weighted by molar-refractivity contribution is 5.70. The van der Waals surface area contributed by atoms with Gasteiger partial charge < -0.3 is 14.6 Å². The molecule has 1 unspecified atom stereocenters. The van der Waals surface area contributed by atoms with Crippen molar-refractivity contribution in [2.45, 2.75) is 290 Å². The Kier molecular flexibility index (Phi) is 57.4. The first-order valence-electron chi connectivity index (χ1n) is 29.8. The van der Waals surface area contributed by atoms with Crippen LogP contribution in [-0.4, -0.2) is 36.4 Å². The molecule has 1 atom stereocenters. The van der Waals surface area contributed by atoms with E-state index in [-0.39, 0.29) is 31.6 Å². The fourth-order valence-corrected chi connectivity index (χ4v) is 8.42. The van der Waals surface area contributed by atoms with Crippen LogP contribution in [0, 0.1) is 0 Å². The smallest absolute Gasteiger partial charge is 0.306 e. The molecule has 0 aromatic rings. The number of hydrogen-bond acceptors (Lipinski definition) is 5. The van der Waals surface area contributed by atoms with Crippen molar-refractivity contribution in [2.75, 3.05) is 13.2 Å². The summed E-state index contributed by atoms with van der Waals surface area (Å²) in [5.41, 5.74) is 0. The molecule has 0 saturated heterocycles. The maximum absolute atomic E-state index is 12.2. The fourth-order valence-electron chi connectivity index (χ4n) is 8.42. The minimum absolute atomic E-state index is 0.0904. The van der Waals surface area contributed by atoms with Crippen LogP contribution in [0.4, 0.5) is 0 Å². The second-order valence-corrected chi connectivity index (χ2v) is 19.7. The van der Waals surface area contributed by atoms with E-state index in [0.717, 1.165) is 70.6 Å². The number of carbonyl (C=O) groups is 2. The molecular weight excluding hydrogens is 861 g/mol. The zero-order chi connectivity index (χ0) is 50.6. The van der Waals surface area contributed by atoms with Crippen molar-refractivity contribution in [3.63, 3.8) is 0 Å². The normalized spacial score (nSPS) is 12.9. The summed E-state index contributed by atoms with van der Waals surface area (Å²) < 4.78 is 10.6. The van der Waals surface area contributed by atoms with E-state index in [4.69, 9.17) is 9.47 Å². The van der Waals surface area contributed by atoms with Crippen molar-refractivity contribution in [3.8, 4) is 0 Å². The van der Waals surface area contributed by atoms with E-state index in [2.05, 4.69) is 111 Å². The molecule has 0 aromatic heterocycles. The van der Waals surface area contributed by atoms with E-state index in [0.29, 0.717) is 12.8 Å². The van der Waals surface area contributed by atoms with Gasteiger partial charge in [0.2, 0.25) is 0 Å². The second kappa shape index (κ2) is 60.1. The number of aliphatic hydroxyl groups is 1. The van der Waals surface area contributed by atoms with Gasteiger partial charge >= 0.3 is 11.9 Å². The van der Waals surface area contributed by atoms with E-state index in [9.17, 15) is 14.7 Å². The third-order valence-electron chi connectivity index (χ3n) is 12.9. The summed E-state index contributed by atoms with van der Waals surface area (Å²) in [7, 11) is 0.